The standard InChI is InChI=1S/C19H19S/c1-16-12-14-19(15-13-16)20(17-8-4-2-5-9-17)18-10-6-3-7-11-18/h2-6,8-10,12-15H,7,11H2,1H3/q+1. The zero-order chi connectivity index (χ0) is 13.8. The molecule has 1 aliphatic rings. The number of hydrogen-bond acceptors (Lipinski definition) is 0. The highest BCUT2D eigenvalue weighted by Crippen LogP contribution is 2.34. The second-order valence-corrected chi connectivity index (χ2v) is 7.11. The Morgan fingerprint density at radius 1 is 0.850 bits per heavy atom. The van der Waals surface area contributed by atoms with Crippen LogP contribution < -0.4 is 0 Å². The van der Waals surface area contributed by atoms with Crippen LogP contribution in [0.5, 0.6) is 0 Å². The van der Waals surface area contributed by atoms with Gasteiger partial charge in [-0.25, -0.2) is 0 Å². The fourth-order valence-electron chi connectivity index (χ4n) is 2.42. The highest BCUT2D eigenvalue weighted by atomic mass is 32.2. The van der Waals surface area contributed by atoms with Crippen molar-refractivity contribution in [2.45, 2.75) is 29.6 Å². The SMILES string of the molecule is Cc1ccc([S+](C2=CC=CCC2)c2ccccc2)cc1. The molecule has 1 aliphatic carbocycles. The van der Waals surface area contributed by atoms with Crippen LogP contribution in [0.2, 0.25) is 0 Å². The van der Waals surface area contributed by atoms with Crippen LogP contribution in [0.4, 0.5) is 0 Å². The summed E-state index contributed by atoms with van der Waals surface area (Å²) in [6, 6.07) is 19.9. The van der Waals surface area contributed by atoms with Crippen molar-refractivity contribution < 1.29 is 0 Å². The third kappa shape index (κ3) is 2.88. The van der Waals surface area contributed by atoms with E-state index in [-0.39, 0.29) is 10.9 Å². The first kappa shape index (κ1) is 13.3. The Balaban J connectivity index is 2.06. The summed E-state index contributed by atoms with van der Waals surface area (Å²) in [7, 11) is 0.0639. The van der Waals surface area contributed by atoms with Gasteiger partial charge >= 0.3 is 0 Å². The smallest absolute Gasteiger partial charge is 0.0839 e. The average molecular weight is 279 g/mol. The summed E-state index contributed by atoms with van der Waals surface area (Å²) in [4.78, 5) is 4.38. The van der Waals surface area contributed by atoms with Gasteiger partial charge in [-0.1, -0.05) is 48.0 Å². The quantitative estimate of drug-likeness (QED) is 0.672. The van der Waals surface area contributed by atoms with E-state index in [2.05, 4.69) is 79.7 Å². The second-order valence-electron chi connectivity index (χ2n) is 5.03. The van der Waals surface area contributed by atoms with Gasteiger partial charge in [0.15, 0.2) is 9.79 Å². The van der Waals surface area contributed by atoms with E-state index in [4.69, 9.17) is 0 Å². The molecule has 0 spiro atoms. The number of hydrogen-bond donors (Lipinski definition) is 0. The monoisotopic (exact) mass is 279 g/mol. The van der Waals surface area contributed by atoms with Crippen LogP contribution in [0, 0.1) is 6.92 Å². The Hall–Kier alpha value is -1.73. The van der Waals surface area contributed by atoms with Crippen LogP contribution >= 0.6 is 0 Å². The highest BCUT2D eigenvalue weighted by molar-refractivity contribution is 8.00. The second kappa shape index (κ2) is 6.15. The third-order valence-corrected chi connectivity index (χ3v) is 5.83. The van der Waals surface area contributed by atoms with Crippen molar-refractivity contribution in [3.63, 3.8) is 0 Å². The topological polar surface area (TPSA) is 0 Å². The maximum absolute atomic E-state index is 2.31. The van der Waals surface area contributed by atoms with Crippen LogP contribution in [-0.4, -0.2) is 0 Å². The van der Waals surface area contributed by atoms with E-state index in [0.29, 0.717) is 0 Å². The lowest BCUT2D eigenvalue weighted by Gasteiger charge is -2.12. The number of aryl methyl sites for hydroxylation is 1. The molecule has 0 N–H and O–H groups in total. The van der Waals surface area contributed by atoms with Crippen molar-refractivity contribution in [1.29, 1.82) is 0 Å². The summed E-state index contributed by atoms with van der Waals surface area (Å²) >= 11 is 0. The summed E-state index contributed by atoms with van der Waals surface area (Å²) in [6.07, 6.45) is 9.09. The normalized spacial score (nSPS) is 15.8. The molecule has 0 bridgehead atoms. The molecule has 0 radical (unpaired) electrons. The van der Waals surface area contributed by atoms with Gasteiger partial charge < -0.3 is 0 Å². The molecule has 0 aliphatic heterocycles. The van der Waals surface area contributed by atoms with Crippen molar-refractivity contribution in [1.82, 2.24) is 0 Å². The Bertz CT molecular complexity index is 621. The molecule has 0 amide bonds. The van der Waals surface area contributed by atoms with Crippen molar-refractivity contribution in [3.8, 4) is 0 Å². The van der Waals surface area contributed by atoms with Crippen molar-refractivity contribution in [3.05, 3.63) is 83.3 Å². The van der Waals surface area contributed by atoms with Gasteiger partial charge in [-0.3, -0.25) is 0 Å². The van der Waals surface area contributed by atoms with E-state index >= 15 is 0 Å². The number of benzene rings is 2. The first-order valence-electron chi connectivity index (χ1n) is 7.06. The summed E-state index contributed by atoms with van der Waals surface area (Å²) in [5, 5.41) is 0. The van der Waals surface area contributed by atoms with Crippen molar-refractivity contribution in [2.24, 2.45) is 0 Å². The molecule has 2 aromatic carbocycles. The van der Waals surface area contributed by atoms with E-state index in [1.54, 1.807) is 4.91 Å². The number of rotatable bonds is 3. The molecule has 1 unspecified atom stereocenters. The Morgan fingerprint density at radius 2 is 1.55 bits per heavy atom. The highest BCUT2D eigenvalue weighted by Gasteiger charge is 2.30. The summed E-state index contributed by atoms with van der Waals surface area (Å²) in [5.41, 5.74) is 1.32. The van der Waals surface area contributed by atoms with E-state index < -0.39 is 0 Å². The van der Waals surface area contributed by atoms with E-state index in [0.717, 1.165) is 6.42 Å². The zero-order valence-corrected chi connectivity index (χ0v) is 12.6. The minimum atomic E-state index is 0.0639. The van der Waals surface area contributed by atoms with Gasteiger partial charge in [0, 0.05) is 6.42 Å². The molecule has 0 heterocycles. The zero-order valence-electron chi connectivity index (χ0n) is 11.8. The fraction of sp³-hybridized carbons (Fsp3) is 0.158. The Morgan fingerprint density at radius 3 is 2.20 bits per heavy atom. The number of allylic oxidation sites excluding steroid dienone is 4. The van der Waals surface area contributed by atoms with Crippen molar-refractivity contribution in [2.75, 3.05) is 0 Å². The lowest BCUT2D eigenvalue weighted by Crippen LogP contribution is -2.08. The minimum Gasteiger partial charge on any atom is -0.0839 e. The predicted molar refractivity (Wildman–Crippen MR) is 88.0 cm³/mol. The molecular formula is C19H19S+. The summed E-state index contributed by atoms with van der Waals surface area (Å²) in [6.45, 7) is 2.15. The molecule has 100 valence electrons. The summed E-state index contributed by atoms with van der Waals surface area (Å²) in [5.74, 6) is 0. The van der Waals surface area contributed by atoms with Crippen LogP contribution in [0.25, 0.3) is 0 Å². The van der Waals surface area contributed by atoms with Crippen LogP contribution in [0.3, 0.4) is 0 Å². The van der Waals surface area contributed by atoms with E-state index in [1.807, 2.05) is 0 Å². The van der Waals surface area contributed by atoms with Gasteiger partial charge in [0.1, 0.15) is 4.91 Å². The average Bonchev–Trinajstić information content (AvgIpc) is 2.52. The Labute approximate surface area is 124 Å². The van der Waals surface area contributed by atoms with Gasteiger partial charge in [0.2, 0.25) is 0 Å². The molecule has 0 aromatic heterocycles. The van der Waals surface area contributed by atoms with Gasteiger partial charge in [-0.2, -0.15) is 0 Å². The van der Waals surface area contributed by atoms with Gasteiger partial charge in [-0.15, -0.1) is 0 Å². The van der Waals surface area contributed by atoms with E-state index in [9.17, 15) is 0 Å². The molecule has 0 saturated heterocycles. The third-order valence-electron chi connectivity index (χ3n) is 3.47. The van der Waals surface area contributed by atoms with Gasteiger partial charge in [0.25, 0.3) is 0 Å². The van der Waals surface area contributed by atoms with Gasteiger partial charge in [-0.05, 0) is 43.7 Å². The minimum absolute atomic E-state index is 0.0639. The molecule has 1 heteroatoms. The molecule has 0 nitrogen and oxygen atoms in total. The maximum atomic E-state index is 2.31. The first-order valence-corrected chi connectivity index (χ1v) is 8.29. The molecule has 20 heavy (non-hydrogen) atoms. The molecule has 3 rings (SSSR count). The van der Waals surface area contributed by atoms with E-state index in [1.165, 1.54) is 21.8 Å². The largest absolute Gasteiger partial charge is 0.166 e. The molecule has 0 fully saturated rings. The molecule has 2 aromatic rings. The molecule has 0 saturated carbocycles. The van der Waals surface area contributed by atoms with Gasteiger partial charge in [0.05, 0.1) is 10.9 Å². The molecular weight excluding hydrogens is 260 g/mol. The molecule has 1 atom stereocenters. The first-order chi connectivity index (χ1) is 9.84. The predicted octanol–water partition coefficient (Wildman–Crippen LogP) is 5.27. The lowest BCUT2D eigenvalue weighted by molar-refractivity contribution is 1.01. The fourth-order valence-corrected chi connectivity index (χ4v) is 4.67. The Kier molecular flexibility index (Phi) is 4.08. The maximum Gasteiger partial charge on any atom is 0.166 e. The van der Waals surface area contributed by atoms with Crippen LogP contribution in [0.15, 0.2) is 87.5 Å². The van der Waals surface area contributed by atoms with Crippen molar-refractivity contribution >= 4 is 10.9 Å². The van der Waals surface area contributed by atoms with Crippen LogP contribution in [-0.2, 0) is 10.9 Å². The lowest BCUT2D eigenvalue weighted by atomic mass is 10.2. The van der Waals surface area contributed by atoms with Crippen LogP contribution in [0.1, 0.15) is 18.4 Å². The summed E-state index contributed by atoms with van der Waals surface area (Å²) < 4.78 is 0.